The first-order valence-corrected chi connectivity index (χ1v) is 13.8. The van der Waals surface area contributed by atoms with Gasteiger partial charge in [0.1, 0.15) is 24.2 Å². The molecule has 0 radical (unpaired) electrons. The van der Waals surface area contributed by atoms with Gasteiger partial charge in [-0.05, 0) is 55.7 Å². The zero-order valence-corrected chi connectivity index (χ0v) is 23.9. The monoisotopic (exact) mass is 580 g/mol. The van der Waals surface area contributed by atoms with Crippen LogP contribution in [0.2, 0.25) is 10.0 Å². The third kappa shape index (κ3) is 5.74. The van der Waals surface area contributed by atoms with E-state index in [1.807, 2.05) is 56.3 Å². The van der Waals surface area contributed by atoms with E-state index in [0.717, 1.165) is 22.5 Å². The Hall–Kier alpha value is -3.75. The van der Waals surface area contributed by atoms with E-state index in [-0.39, 0.29) is 24.6 Å². The molecule has 0 fully saturated rings. The summed E-state index contributed by atoms with van der Waals surface area (Å²) in [4.78, 5) is 34.8. The fourth-order valence-corrected chi connectivity index (χ4v) is 5.29. The smallest absolute Gasteiger partial charge is 0.330 e. The number of aliphatic imine (C=N–C) groups is 1. The quantitative estimate of drug-likeness (QED) is 0.421. The molecule has 0 spiro atoms. The third-order valence-corrected chi connectivity index (χ3v) is 7.36. The SMILES string of the molecule is COC1=CC(OC(C)C)=C(C2=N[C@@H](c3ccc(Cl)cc3)[C@@H](c3ccc(Cl)cc3)N2C(=O)N2C=CNC(=O)C2)CC1. The lowest BCUT2D eigenvalue weighted by molar-refractivity contribution is -0.120. The number of rotatable bonds is 6. The molecule has 0 saturated heterocycles. The van der Waals surface area contributed by atoms with Gasteiger partial charge in [0.05, 0.1) is 25.0 Å². The Kier molecular flexibility index (Phi) is 8.19. The van der Waals surface area contributed by atoms with Crippen LogP contribution < -0.4 is 5.32 Å². The fourth-order valence-electron chi connectivity index (χ4n) is 5.04. The molecule has 0 bridgehead atoms. The van der Waals surface area contributed by atoms with E-state index in [1.54, 1.807) is 30.3 Å². The van der Waals surface area contributed by atoms with Gasteiger partial charge in [-0.25, -0.2) is 4.79 Å². The highest BCUT2D eigenvalue weighted by Crippen LogP contribution is 2.46. The van der Waals surface area contributed by atoms with Crippen molar-refractivity contribution in [3.8, 4) is 0 Å². The summed E-state index contributed by atoms with van der Waals surface area (Å²) in [5, 5.41) is 3.81. The lowest BCUT2D eigenvalue weighted by Crippen LogP contribution is -2.49. The average molecular weight is 582 g/mol. The van der Waals surface area contributed by atoms with Crippen LogP contribution in [-0.2, 0) is 14.3 Å². The number of amidine groups is 1. The second-order valence-electron chi connectivity index (χ2n) is 9.93. The number of methoxy groups -OCH3 is 1. The number of hydrogen-bond acceptors (Lipinski definition) is 5. The first-order chi connectivity index (χ1) is 19.2. The predicted molar refractivity (Wildman–Crippen MR) is 155 cm³/mol. The Balaban J connectivity index is 1.71. The van der Waals surface area contributed by atoms with Crippen LogP contribution in [0.3, 0.4) is 0 Å². The topological polar surface area (TPSA) is 83.5 Å². The fraction of sp³-hybridized carbons (Fsp3) is 0.300. The molecule has 1 N–H and O–H groups in total. The number of amides is 3. The first-order valence-electron chi connectivity index (χ1n) is 13.0. The molecule has 2 atom stereocenters. The molecule has 3 amide bonds. The number of halogens is 2. The Bertz CT molecular complexity index is 1410. The number of ether oxygens (including phenoxy) is 2. The summed E-state index contributed by atoms with van der Waals surface area (Å²) in [7, 11) is 1.63. The normalized spacial score (nSPS) is 20.9. The van der Waals surface area contributed by atoms with Crippen LogP contribution in [0.25, 0.3) is 0 Å². The lowest BCUT2D eigenvalue weighted by atomic mass is 9.93. The minimum atomic E-state index is -0.528. The zero-order chi connectivity index (χ0) is 28.4. The standard InChI is InChI=1S/C30H30Cl2N4O4/c1-18(2)40-25-16-23(39-3)12-13-24(25)29-34-27(19-4-8-21(31)9-5-19)28(20-6-10-22(32)11-7-20)36(29)30(38)35-15-14-33-26(37)17-35/h4-11,14-16,18,27-28H,12-13,17H2,1-3H3,(H,33,37)/t27-,28+/m0/s1. The number of benzene rings is 2. The number of nitrogens with one attached hydrogen (secondary N) is 1. The summed E-state index contributed by atoms with van der Waals surface area (Å²) in [5.41, 5.74) is 2.53. The number of urea groups is 1. The highest BCUT2D eigenvalue weighted by Gasteiger charge is 2.45. The minimum Gasteiger partial charge on any atom is -0.501 e. The lowest BCUT2D eigenvalue weighted by Gasteiger charge is -2.34. The number of nitrogens with zero attached hydrogens (tertiary/aromatic N) is 3. The Morgan fingerprint density at radius 1 is 1.02 bits per heavy atom. The Morgan fingerprint density at radius 2 is 1.68 bits per heavy atom. The minimum absolute atomic E-state index is 0.111. The van der Waals surface area contributed by atoms with E-state index in [9.17, 15) is 9.59 Å². The number of carbonyl (C=O) groups is 2. The third-order valence-electron chi connectivity index (χ3n) is 6.86. The van der Waals surface area contributed by atoms with Gasteiger partial charge in [-0.1, -0.05) is 47.5 Å². The van der Waals surface area contributed by atoms with Crippen molar-refractivity contribution in [2.24, 2.45) is 4.99 Å². The molecule has 10 heteroatoms. The van der Waals surface area contributed by atoms with Crippen LogP contribution in [0.15, 0.2) is 89.1 Å². The van der Waals surface area contributed by atoms with Crippen LogP contribution in [-0.4, -0.2) is 47.3 Å². The molecular weight excluding hydrogens is 551 g/mol. The molecule has 3 aliphatic rings. The maximum Gasteiger partial charge on any atom is 0.330 e. The van der Waals surface area contributed by atoms with Crippen molar-refractivity contribution in [1.82, 2.24) is 15.1 Å². The van der Waals surface area contributed by atoms with Gasteiger partial charge >= 0.3 is 6.03 Å². The van der Waals surface area contributed by atoms with Gasteiger partial charge in [0.15, 0.2) is 0 Å². The molecule has 2 aliphatic heterocycles. The first kappa shape index (κ1) is 27.8. The predicted octanol–water partition coefficient (Wildman–Crippen LogP) is 6.52. The molecule has 40 heavy (non-hydrogen) atoms. The Labute approximate surface area is 243 Å². The molecule has 2 aromatic rings. The summed E-state index contributed by atoms with van der Waals surface area (Å²) in [6.45, 7) is 3.78. The summed E-state index contributed by atoms with van der Waals surface area (Å²) in [6.07, 6.45) is 5.97. The number of carbonyl (C=O) groups excluding carboxylic acids is 2. The van der Waals surface area contributed by atoms with Crippen molar-refractivity contribution in [2.75, 3.05) is 13.7 Å². The molecule has 2 heterocycles. The molecule has 0 saturated carbocycles. The summed E-state index contributed by atoms with van der Waals surface area (Å²) >= 11 is 12.5. The zero-order valence-electron chi connectivity index (χ0n) is 22.4. The van der Waals surface area contributed by atoms with Crippen molar-refractivity contribution < 1.29 is 19.1 Å². The molecule has 1 aliphatic carbocycles. The summed E-state index contributed by atoms with van der Waals surface area (Å²) < 4.78 is 11.8. The van der Waals surface area contributed by atoms with Gasteiger partial charge in [-0.3, -0.25) is 19.6 Å². The molecule has 5 rings (SSSR count). The van der Waals surface area contributed by atoms with Crippen LogP contribution in [0.4, 0.5) is 4.79 Å². The largest absolute Gasteiger partial charge is 0.501 e. The van der Waals surface area contributed by atoms with E-state index < -0.39 is 12.1 Å². The van der Waals surface area contributed by atoms with Gasteiger partial charge in [0.25, 0.3) is 0 Å². The Morgan fingerprint density at radius 3 is 2.27 bits per heavy atom. The van der Waals surface area contributed by atoms with Crippen molar-refractivity contribution in [1.29, 1.82) is 0 Å². The van der Waals surface area contributed by atoms with E-state index >= 15 is 0 Å². The van der Waals surface area contributed by atoms with Crippen molar-refractivity contribution in [2.45, 2.75) is 44.9 Å². The van der Waals surface area contributed by atoms with E-state index in [4.69, 9.17) is 37.7 Å². The molecular formula is C30H30Cl2N4O4. The summed E-state index contributed by atoms with van der Waals surface area (Å²) in [6, 6.07) is 13.5. The summed E-state index contributed by atoms with van der Waals surface area (Å²) in [5.74, 6) is 1.61. The average Bonchev–Trinajstić information content (AvgIpc) is 3.33. The van der Waals surface area contributed by atoms with Crippen LogP contribution in [0, 0.1) is 0 Å². The van der Waals surface area contributed by atoms with Gasteiger partial charge in [0, 0.05) is 40.5 Å². The van der Waals surface area contributed by atoms with Gasteiger partial charge in [-0.15, -0.1) is 0 Å². The number of hydrogen-bond donors (Lipinski definition) is 1. The van der Waals surface area contributed by atoms with E-state index in [1.165, 1.54) is 11.1 Å². The second-order valence-corrected chi connectivity index (χ2v) is 10.8. The van der Waals surface area contributed by atoms with E-state index in [2.05, 4.69) is 5.32 Å². The van der Waals surface area contributed by atoms with Crippen molar-refractivity contribution in [3.05, 3.63) is 105 Å². The van der Waals surface area contributed by atoms with Crippen LogP contribution in [0.5, 0.6) is 0 Å². The molecule has 0 aromatic heterocycles. The van der Waals surface area contributed by atoms with E-state index in [0.29, 0.717) is 34.5 Å². The highest BCUT2D eigenvalue weighted by molar-refractivity contribution is 6.30. The van der Waals surface area contributed by atoms with Gasteiger partial charge in [0.2, 0.25) is 5.91 Å². The molecule has 0 unspecified atom stereocenters. The van der Waals surface area contributed by atoms with Crippen LogP contribution in [0.1, 0.15) is 49.9 Å². The highest BCUT2D eigenvalue weighted by atomic mass is 35.5. The molecule has 8 nitrogen and oxygen atoms in total. The van der Waals surface area contributed by atoms with Crippen LogP contribution >= 0.6 is 23.2 Å². The maximum atomic E-state index is 14.3. The number of allylic oxidation sites excluding steroid dienone is 2. The van der Waals surface area contributed by atoms with Crippen molar-refractivity contribution in [3.63, 3.8) is 0 Å². The maximum absolute atomic E-state index is 14.3. The van der Waals surface area contributed by atoms with Gasteiger partial charge < -0.3 is 14.8 Å². The molecule has 2 aromatic carbocycles. The second kappa shape index (κ2) is 11.8. The van der Waals surface area contributed by atoms with Gasteiger partial charge in [-0.2, -0.15) is 0 Å². The molecule has 208 valence electrons. The van der Waals surface area contributed by atoms with Crippen molar-refractivity contribution >= 4 is 41.0 Å².